The van der Waals surface area contributed by atoms with E-state index < -0.39 is 5.92 Å². The second kappa shape index (κ2) is 6.48. The highest BCUT2D eigenvalue weighted by Crippen LogP contribution is 2.40. The molecule has 1 heterocycles. The molecule has 0 aliphatic carbocycles. The predicted octanol–water partition coefficient (Wildman–Crippen LogP) is 4.13. The molecule has 0 saturated carbocycles. The van der Waals surface area contributed by atoms with Gasteiger partial charge >= 0.3 is 0 Å². The molecule has 0 aromatic heterocycles. The van der Waals surface area contributed by atoms with Crippen molar-refractivity contribution >= 4 is 23.1 Å². The van der Waals surface area contributed by atoms with E-state index in [1.165, 1.54) is 0 Å². The van der Waals surface area contributed by atoms with Gasteiger partial charge in [-0.15, -0.1) is 0 Å². The summed E-state index contributed by atoms with van der Waals surface area (Å²) in [6.45, 7) is 5.86. The summed E-state index contributed by atoms with van der Waals surface area (Å²) in [5, 5.41) is 1.58. The summed E-state index contributed by atoms with van der Waals surface area (Å²) in [7, 11) is 0. The zero-order valence-corrected chi connectivity index (χ0v) is 14.3. The third-order valence-electron chi connectivity index (χ3n) is 4.44. The highest BCUT2D eigenvalue weighted by atomic mass is 16.2. The minimum absolute atomic E-state index is 0.0713. The van der Waals surface area contributed by atoms with E-state index in [9.17, 15) is 9.59 Å². The molecule has 4 nitrogen and oxygen atoms in total. The maximum absolute atomic E-state index is 12.9. The molecule has 3 rings (SSSR count). The van der Waals surface area contributed by atoms with Gasteiger partial charge in [0.05, 0.1) is 17.3 Å². The van der Waals surface area contributed by atoms with Crippen LogP contribution in [0.4, 0.5) is 11.4 Å². The van der Waals surface area contributed by atoms with Crippen LogP contribution in [0.5, 0.6) is 0 Å². The fourth-order valence-corrected chi connectivity index (χ4v) is 3.01. The normalized spacial score (nSPS) is 16.2. The Kier molecular flexibility index (Phi) is 4.38. The smallest absolute Gasteiger partial charge is 0.253 e. The number of nitrogens with one attached hydrogen (secondary N) is 1. The predicted molar refractivity (Wildman–Crippen MR) is 96.1 cm³/mol. The van der Waals surface area contributed by atoms with Crippen molar-refractivity contribution in [2.75, 3.05) is 10.4 Å². The first-order valence-corrected chi connectivity index (χ1v) is 8.29. The van der Waals surface area contributed by atoms with Gasteiger partial charge in [-0.25, -0.2) is 5.01 Å². The number of benzene rings is 2. The lowest BCUT2D eigenvalue weighted by molar-refractivity contribution is -0.124. The molecule has 0 saturated heterocycles. The Morgan fingerprint density at radius 1 is 1.08 bits per heavy atom. The van der Waals surface area contributed by atoms with Crippen molar-refractivity contribution in [2.45, 2.75) is 39.5 Å². The van der Waals surface area contributed by atoms with Gasteiger partial charge in [-0.1, -0.05) is 42.3 Å². The summed E-state index contributed by atoms with van der Waals surface area (Å²) in [5.74, 6) is -0.360. The number of amides is 1. The van der Waals surface area contributed by atoms with Gasteiger partial charge in [-0.3, -0.25) is 15.0 Å². The molecule has 1 N–H and O–H groups in total. The second-order valence-electron chi connectivity index (χ2n) is 6.36. The molecular weight excluding hydrogens is 300 g/mol. The van der Waals surface area contributed by atoms with Crippen LogP contribution in [0.15, 0.2) is 42.5 Å². The van der Waals surface area contributed by atoms with Crippen LogP contribution in [-0.2, 0) is 9.59 Å². The third kappa shape index (κ3) is 3.04. The number of carbonyl (C=O) groups excluding carboxylic acids is 2. The Morgan fingerprint density at radius 2 is 1.75 bits per heavy atom. The van der Waals surface area contributed by atoms with E-state index in [0.717, 1.165) is 28.1 Å². The van der Waals surface area contributed by atoms with Crippen molar-refractivity contribution < 1.29 is 9.59 Å². The third-order valence-corrected chi connectivity index (χ3v) is 4.44. The van der Waals surface area contributed by atoms with Gasteiger partial charge in [0.15, 0.2) is 0 Å². The molecule has 1 amide bonds. The number of fused-ring (bicyclic) bond motifs is 1. The summed E-state index contributed by atoms with van der Waals surface area (Å²) in [6.07, 6.45) is 0.716. The number of aryl methyl sites for hydroxylation is 2. The van der Waals surface area contributed by atoms with Crippen LogP contribution in [0.1, 0.15) is 42.4 Å². The Hall–Kier alpha value is -2.62. The Morgan fingerprint density at radius 3 is 2.42 bits per heavy atom. The van der Waals surface area contributed by atoms with E-state index in [2.05, 4.69) is 5.43 Å². The maximum Gasteiger partial charge on any atom is 0.253 e. The number of rotatable bonds is 5. The summed E-state index contributed by atoms with van der Waals surface area (Å²) < 4.78 is 0. The lowest BCUT2D eigenvalue weighted by Gasteiger charge is -2.20. The lowest BCUT2D eigenvalue weighted by Crippen LogP contribution is -2.34. The Bertz CT molecular complexity index is 781. The maximum atomic E-state index is 12.9. The first kappa shape index (κ1) is 16.2. The Labute approximate surface area is 142 Å². The van der Waals surface area contributed by atoms with E-state index in [1.54, 1.807) is 5.01 Å². The molecule has 1 unspecified atom stereocenters. The molecule has 2 aromatic carbocycles. The number of Topliss-reactive ketones (excluding diaryl/α,β-unsaturated/α-hetero) is 1. The molecular formula is C20H22N2O2. The summed E-state index contributed by atoms with van der Waals surface area (Å²) in [5.41, 5.74) is 8.06. The van der Waals surface area contributed by atoms with Crippen molar-refractivity contribution in [2.24, 2.45) is 0 Å². The standard InChI is InChI=1S/C20H22N2O2/c1-4-16(23)12-18-17-11-14(3)7-10-19(17)22(20(18)24)21-15-8-5-13(2)6-9-15/h5-11,18,21H,4,12H2,1-3H3. The number of nitrogens with zero attached hydrogens (tertiary/aromatic N) is 1. The van der Waals surface area contributed by atoms with Gasteiger partial charge in [-0.2, -0.15) is 0 Å². The van der Waals surface area contributed by atoms with Crippen molar-refractivity contribution in [3.63, 3.8) is 0 Å². The van der Waals surface area contributed by atoms with E-state index in [4.69, 9.17) is 0 Å². The average Bonchev–Trinajstić information content (AvgIpc) is 2.82. The molecule has 2 aromatic rings. The minimum Gasteiger partial charge on any atom is -0.300 e. The number of carbonyl (C=O) groups is 2. The molecule has 0 bridgehead atoms. The second-order valence-corrected chi connectivity index (χ2v) is 6.36. The molecule has 0 radical (unpaired) electrons. The van der Waals surface area contributed by atoms with Crippen LogP contribution < -0.4 is 10.4 Å². The fraction of sp³-hybridized carbons (Fsp3) is 0.300. The van der Waals surface area contributed by atoms with Gasteiger partial charge in [0.25, 0.3) is 5.91 Å². The minimum atomic E-state index is -0.398. The first-order valence-electron chi connectivity index (χ1n) is 8.29. The summed E-state index contributed by atoms with van der Waals surface area (Å²) >= 11 is 0. The zero-order chi connectivity index (χ0) is 17.3. The van der Waals surface area contributed by atoms with Gasteiger partial charge in [-0.05, 0) is 37.6 Å². The largest absolute Gasteiger partial charge is 0.300 e. The molecule has 0 spiro atoms. The number of ketones is 1. The van der Waals surface area contributed by atoms with Crippen molar-refractivity contribution in [1.82, 2.24) is 0 Å². The van der Waals surface area contributed by atoms with Crippen LogP contribution in [0.25, 0.3) is 0 Å². The molecule has 0 fully saturated rings. The number of hydrazine groups is 1. The van der Waals surface area contributed by atoms with Gasteiger partial charge in [0.2, 0.25) is 0 Å². The van der Waals surface area contributed by atoms with Crippen LogP contribution in [0.3, 0.4) is 0 Å². The molecule has 4 heteroatoms. The van der Waals surface area contributed by atoms with E-state index in [1.807, 2.05) is 63.2 Å². The number of anilines is 2. The van der Waals surface area contributed by atoms with E-state index >= 15 is 0 Å². The SMILES string of the molecule is CCC(=O)CC1C(=O)N(Nc2ccc(C)cc2)c2ccc(C)cc21. The van der Waals surface area contributed by atoms with E-state index in [0.29, 0.717) is 6.42 Å². The molecule has 1 atom stereocenters. The zero-order valence-electron chi connectivity index (χ0n) is 14.3. The van der Waals surface area contributed by atoms with Gasteiger partial charge in [0.1, 0.15) is 5.78 Å². The first-order chi connectivity index (χ1) is 11.5. The van der Waals surface area contributed by atoms with Crippen LogP contribution in [-0.4, -0.2) is 11.7 Å². The lowest BCUT2D eigenvalue weighted by atomic mass is 9.93. The molecule has 1 aliphatic rings. The van der Waals surface area contributed by atoms with Crippen LogP contribution in [0.2, 0.25) is 0 Å². The van der Waals surface area contributed by atoms with Crippen LogP contribution >= 0.6 is 0 Å². The van der Waals surface area contributed by atoms with E-state index in [-0.39, 0.29) is 18.1 Å². The van der Waals surface area contributed by atoms with Crippen molar-refractivity contribution in [3.8, 4) is 0 Å². The quantitative estimate of drug-likeness (QED) is 0.900. The molecule has 124 valence electrons. The number of hydrogen-bond acceptors (Lipinski definition) is 3. The van der Waals surface area contributed by atoms with Crippen LogP contribution in [0, 0.1) is 13.8 Å². The molecule has 24 heavy (non-hydrogen) atoms. The summed E-state index contributed by atoms with van der Waals surface area (Å²) in [4.78, 5) is 24.8. The van der Waals surface area contributed by atoms with Crippen molar-refractivity contribution in [1.29, 1.82) is 0 Å². The Balaban J connectivity index is 1.94. The summed E-state index contributed by atoms with van der Waals surface area (Å²) in [6, 6.07) is 13.8. The highest BCUT2D eigenvalue weighted by Gasteiger charge is 2.38. The average molecular weight is 322 g/mol. The molecule has 1 aliphatic heterocycles. The monoisotopic (exact) mass is 322 g/mol. The van der Waals surface area contributed by atoms with Crippen molar-refractivity contribution in [3.05, 3.63) is 59.2 Å². The number of hydrogen-bond donors (Lipinski definition) is 1. The highest BCUT2D eigenvalue weighted by molar-refractivity contribution is 6.08. The van der Waals surface area contributed by atoms with Gasteiger partial charge < -0.3 is 0 Å². The van der Waals surface area contributed by atoms with Gasteiger partial charge in [0, 0.05) is 12.8 Å². The fourth-order valence-electron chi connectivity index (χ4n) is 3.01. The topological polar surface area (TPSA) is 49.4 Å².